The summed E-state index contributed by atoms with van der Waals surface area (Å²) in [5, 5.41) is 7.22. The molecule has 2 aromatic heterocycles. The molecule has 0 bridgehead atoms. The number of benzene rings is 1. The molecule has 3 N–H and O–H groups in total. The molecule has 0 aliphatic carbocycles. The lowest BCUT2D eigenvalue weighted by Crippen LogP contribution is -2.41. The van der Waals surface area contributed by atoms with Crippen LogP contribution >= 0.6 is 23.2 Å². The van der Waals surface area contributed by atoms with Crippen LogP contribution in [0.3, 0.4) is 0 Å². The van der Waals surface area contributed by atoms with Crippen LogP contribution < -0.4 is 11.1 Å². The molecule has 1 aromatic carbocycles. The zero-order valence-corrected chi connectivity index (χ0v) is 16.9. The fourth-order valence-electron chi connectivity index (χ4n) is 2.91. The molecule has 1 amide bonds. The van der Waals surface area contributed by atoms with Crippen LogP contribution in [-0.2, 0) is 13.0 Å². The molecule has 2 heterocycles. The fraction of sp³-hybridized carbons (Fsp3) is 0.263. The quantitative estimate of drug-likeness (QED) is 0.577. The number of carbonyl (C=O) groups excluding carboxylic acids is 1. The molecule has 0 radical (unpaired) electrons. The van der Waals surface area contributed by atoms with E-state index < -0.39 is 23.6 Å². The van der Waals surface area contributed by atoms with E-state index in [0.29, 0.717) is 28.4 Å². The van der Waals surface area contributed by atoms with Gasteiger partial charge in [0, 0.05) is 25.2 Å². The third-order valence-corrected chi connectivity index (χ3v) is 4.90. The smallest absolute Gasteiger partial charge is 0.287 e. The van der Waals surface area contributed by atoms with E-state index in [2.05, 4.69) is 10.4 Å². The second kappa shape index (κ2) is 8.94. The van der Waals surface area contributed by atoms with E-state index in [1.54, 1.807) is 4.68 Å². The van der Waals surface area contributed by atoms with Crippen LogP contribution in [0.5, 0.6) is 0 Å². The number of nitrogens with one attached hydrogen (secondary N) is 1. The topological polar surface area (TPSA) is 86.1 Å². The van der Waals surface area contributed by atoms with E-state index in [1.165, 1.54) is 18.3 Å². The van der Waals surface area contributed by atoms with Gasteiger partial charge in [0.2, 0.25) is 5.22 Å². The van der Waals surface area contributed by atoms with Crippen LogP contribution in [0, 0.1) is 11.6 Å². The van der Waals surface area contributed by atoms with Gasteiger partial charge < -0.3 is 15.5 Å². The molecule has 3 rings (SSSR count). The number of carbonyl (C=O) groups is 1. The van der Waals surface area contributed by atoms with Crippen molar-refractivity contribution in [3.8, 4) is 11.3 Å². The Hall–Kier alpha value is -2.42. The number of nitrogens with two attached hydrogens (primary N) is 1. The second-order valence-electron chi connectivity index (χ2n) is 6.31. The molecule has 0 saturated carbocycles. The highest BCUT2D eigenvalue weighted by Crippen LogP contribution is 2.35. The van der Waals surface area contributed by atoms with Crippen LogP contribution in [0.15, 0.2) is 34.9 Å². The zero-order chi connectivity index (χ0) is 21.1. The van der Waals surface area contributed by atoms with Crippen molar-refractivity contribution in [3.63, 3.8) is 0 Å². The number of hydrogen-bond donors (Lipinski definition) is 2. The monoisotopic (exact) mass is 442 g/mol. The number of hydrogen-bond acceptors (Lipinski definition) is 4. The van der Waals surface area contributed by atoms with Gasteiger partial charge in [-0.15, -0.1) is 0 Å². The van der Waals surface area contributed by atoms with E-state index in [4.69, 9.17) is 33.4 Å². The largest absolute Gasteiger partial charge is 0.439 e. The molecular formula is C19H18Cl2F2N4O2. The Bertz CT molecular complexity index is 1040. The number of aromatic nitrogens is 2. The highest BCUT2D eigenvalue weighted by atomic mass is 35.5. The molecule has 0 fully saturated rings. The summed E-state index contributed by atoms with van der Waals surface area (Å²) in [6, 6.07) is 4.48. The lowest BCUT2D eigenvalue weighted by atomic mass is 10.1. The fourth-order valence-corrected chi connectivity index (χ4v) is 3.38. The number of nitrogens with zero attached hydrogens (tertiary/aromatic N) is 2. The van der Waals surface area contributed by atoms with Crippen molar-refractivity contribution in [2.75, 3.05) is 6.54 Å². The molecule has 0 unspecified atom stereocenters. The first-order valence-electron chi connectivity index (χ1n) is 8.79. The van der Waals surface area contributed by atoms with Gasteiger partial charge in [0.1, 0.15) is 0 Å². The van der Waals surface area contributed by atoms with Crippen molar-refractivity contribution in [2.45, 2.75) is 25.9 Å². The van der Waals surface area contributed by atoms with E-state index in [9.17, 15) is 13.6 Å². The van der Waals surface area contributed by atoms with Crippen LogP contribution in [-0.4, -0.2) is 28.3 Å². The third kappa shape index (κ3) is 4.60. The average Bonchev–Trinajstić information content (AvgIpc) is 3.25. The maximum atomic E-state index is 13.4. The summed E-state index contributed by atoms with van der Waals surface area (Å²) in [4.78, 5) is 12.6. The normalized spacial score (nSPS) is 12.2. The Balaban J connectivity index is 1.77. The lowest BCUT2D eigenvalue weighted by molar-refractivity contribution is 0.0910. The molecule has 29 heavy (non-hydrogen) atoms. The Morgan fingerprint density at radius 2 is 2.07 bits per heavy atom. The first-order valence-corrected chi connectivity index (χ1v) is 9.55. The van der Waals surface area contributed by atoms with Crippen molar-refractivity contribution in [1.82, 2.24) is 15.1 Å². The van der Waals surface area contributed by atoms with Crippen molar-refractivity contribution in [1.29, 1.82) is 0 Å². The molecule has 3 aromatic rings. The van der Waals surface area contributed by atoms with Crippen molar-refractivity contribution in [2.24, 2.45) is 5.73 Å². The summed E-state index contributed by atoms with van der Waals surface area (Å²) in [6.07, 6.45) is 1.70. The number of rotatable bonds is 7. The molecule has 154 valence electrons. The first kappa shape index (κ1) is 21.3. The average molecular weight is 443 g/mol. The van der Waals surface area contributed by atoms with Crippen molar-refractivity contribution < 1.29 is 18.0 Å². The molecule has 0 spiro atoms. The number of amides is 1. The minimum atomic E-state index is -0.962. The Morgan fingerprint density at radius 3 is 2.72 bits per heavy atom. The predicted molar refractivity (Wildman–Crippen MR) is 106 cm³/mol. The molecular weight excluding hydrogens is 425 g/mol. The molecule has 0 aliphatic rings. The van der Waals surface area contributed by atoms with Crippen molar-refractivity contribution in [3.05, 3.63) is 63.7 Å². The SMILES string of the molecule is CCn1ncc(Cl)c1-c1cc(C(=O)N[C@H](CN)Cc2ccc(F)c(F)c2)oc1Cl. The Labute approximate surface area is 175 Å². The third-order valence-electron chi connectivity index (χ3n) is 4.35. The molecule has 1 atom stereocenters. The summed E-state index contributed by atoms with van der Waals surface area (Å²) < 4.78 is 33.5. The number of aryl methyl sites for hydroxylation is 1. The Kier molecular flexibility index (Phi) is 6.56. The lowest BCUT2D eigenvalue weighted by Gasteiger charge is -2.16. The van der Waals surface area contributed by atoms with Crippen LogP contribution in [0.4, 0.5) is 8.78 Å². The van der Waals surface area contributed by atoms with Gasteiger partial charge in [-0.2, -0.15) is 5.10 Å². The van der Waals surface area contributed by atoms with E-state index >= 15 is 0 Å². The minimum absolute atomic E-state index is 0.00264. The van der Waals surface area contributed by atoms with Gasteiger partial charge in [0.15, 0.2) is 17.4 Å². The second-order valence-corrected chi connectivity index (χ2v) is 7.06. The van der Waals surface area contributed by atoms with Gasteiger partial charge in [-0.3, -0.25) is 9.48 Å². The van der Waals surface area contributed by atoms with Gasteiger partial charge in [-0.25, -0.2) is 8.78 Å². The summed E-state index contributed by atoms with van der Waals surface area (Å²) >= 11 is 12.3. The standard InChI is InChI=1S/C19H18Cl2F2N4O2/c1-2-27-17(13(20)9-25-27)12-7-16(29-18(12)21)19(28)26-11(8-24)5-10-3-4-14(22)15(23)6-10/h3-4,6-7,9,11H,2,5,8,24H2,1H3,(H,26,28)/t11-/m0/s1. The van der Waals surface area contributed by atoms with Gasteiger partial charge in [0.25, 0.3) is 5.91 Å². The van der Waals surface area contributed by atoms with Crippen LogP contribution in [0.2, 0.25) is 10.2 Å². The maximum Gasteiger partial charge on any atom is 0.287 e. The van der Waals surface area contributed by atoms with Gasteiger partial charge in [-0.1, -0.05) is 17.7 Å². The first-order chi connectivity index (χ1) is 13.8. The molecule has 0 saturated heterocycles. The van der Waals surface area contributed by atoms with Gasteiger partial charge >= 0.3 is 0 Å². The van der Waals surface area contributed by atoms with Crippen LogP contribution in [0.1, 0.15) is 23.0 Å². The summed E-state index contributed by atoms with van der Waals surface area (Å²) in [6.45, 7) is 2.52. The maximum absolute atomic E-state index is 13.4. The number of furan rings is 1. The van der Waals surface area contributed by atoms with E-state index in [0.717, 1.165) is 12.1 Å². The number of halogens is 4. The Morgan fingerprint density at radius 1 is 1.31 bits per heavy atom. The van der Waals surface area contributed by atoms with E-state index in [1.807, 2.05) is 6.92 Å². The van der Waals surface area contributed by atoms with Gasteiger partial charge in [-0.05, 0) is 42.6 Å². The highest BCUT2D eigenvalue weighted by Gasteiger charge is 2.23. The summed E-state index contributed by atoms with van der Waals surface area (Å²) in [7, 11) is 0. The summed E-state index contributed by atoms with van der Waals surface area (Å²) in [5.41, 5.74) is 7.19. The molecule has 0 aliphatic heterocycles. The highest BCUT2D eigenvalue weighted by molar-refractivity contribution is 6.35. The predicted octanol–water partition coefficient (Wildman–Crippen LogP) is 4.05. The van der Waals surface area contributed by atoms with Crippen molar-refractivity contribution >= 4 is 29.1 Å². The minimum Gasteiger partial charge on any atom is -0.439 e. The van der Waals surface area contributed by atoms with E-state index in [-0.39, 0.29) is 23.9 Å². The van der Waals surface area contributed by atoms with Crippen LogP contribution in [0.25, 0.3) is 11.3 Å². The summed E-state index contributed by atoms with van der Waals surface area (Å²) in [5.74, 6) is -2.48. The zero-order valence-electron chi connectivity index (χ0n) is 15.4. The molecule has 10 heteroatoms. The molecule has 6 nitrogen and oxygen atoms in total. The van der Waals surface area contributed by atoms with Gasteiger partial charge in [0.05, 0.1) is 22.5 Å².